The fourth-order valence-electron chi connectivity index (χ4n) is 2.92. The lowest BCUT2D eigenvalue weighted by Gasteiger charge is -2.49. The molecule has 2 fully saturated rings. The summed E-state index contributed by atoms with van der Waals surface area (Å²) in [7, 11) is 0. The Morgan fingerprint density at radius 1 is 1.47 bits per heavy atom. The van der Waals surface area contributed by atoms with E-state index in [1.165, 1.54) is 6.42 Å². The molecule has 15 heavy (non-hydrogen) atoms. The van der Waals surface area contributed by atoms with Gasteiger partial charge in [-0.15, -0.1) is 6.58 Å². The fourth-order valence-corrected chi connectivity index (χ4v) is 2.92. The molecular formula is C12H20N2O. The Balaban J connectivity index is 2.17. The first kappa shape index (κ1) is 10.7. The van der Waals surface area contributed by atoms with Gasteiger partial charge in [0.1, 0.15) is 0 Å². The molecule has 0 aromatic rings. The summed E-state index contributed by atoms with van der Waals surface area (Å²) in [5, 5.41) is 3.43. The Morgan fingerprint density at radius 2 is 2.27 bits per heavy atom. The van der Waals surface area contributed by atoms with Gasteiger partial charge in [-0.05, 0) is 32.2 Å². The van der Waals surface area contributed by atoms with Crippen LogP contribution in [-0.4, -0.2) is 36.0 Å². The van der Waals surface area contributed by atoms with Crippen LogP contribution in [0.15, 0.2) is 12.7 Å². The topological polar surface area (TPSA) is 32.3 Å². The lowest BCUT2D eigenvalue weighted by atomic mass is 9.80. The number of rotatable bonds is 2. The SMILES string of the molecule is C=CCN1C(=O)CCC[C@@]12CCCNC2. The van der Waals surface area contributed by atoms with E-state index in [9.17, 15) is 4.79 Å². The largest absolute Gasteiger partial charge is 0.332 e. The van der Waals surface area contributed by atoms with E-state index in [4.69, 9.17) is 0 Å². The second-order valence-corrected chi connectivity index (χ2v) is 4.65. The Kier molecular flexibility index (Phi) is 3.10. The minimum atomic E-state index is 0.0990. The molecule has 2 saturated heterocycles. The molecule has 0 unspecified atom stereocenters. The first-order chi connectivity index (χ1) is 7.28. The number of nitrogens with one attached hydrogen (secondary N) is 1. The minimum absolute atomic E-state index is 0.0990. The molecule has 0 radical (unpaired) electrons. The van der Waals surface area contributed by atoms with Gasteiger partial charge in [0.05, 0.1) is 5.54 Å². The van der Waals surface area contributed by atoms with Gasteiger partial charge in [0.15, 0.2) is 0 Å². The van der Waals surface area contributed by atoms with E-state index in [1.54, 1.807) is 0 Å². The summed E-state index contributed by atoms with van der Waals surface area (Å²) in [4.78, 5) is 14.0. The molecule has 0 aliphatic carbocycles. The van der Waals surface area contributed by atoms with E-state index < -0.39 is 0 Å². The van der Waals surface area contributed by atoms with Crippen molar-refractivity contribution in [2.24, 2.45) is 0 Å². The molecule has 3 heteroatoms. The zero-order valence-corrected chi connectivity index (χ0v) is 9.30. The standard InChI is InChI=1S/C12H20N2O/c1-2-9-14-11(15)5-3-6-12(14)7-4-8-13-10-12/h2,13H,1,3-10H2/t12-/m0/s1. The Labute approximate surface area is 91.5 Å². The van der Waals surface area contributed by atoms with Crippen LogP contribution in [0.5, 0.6) is 0 Å². The summed E-state index contributed by atoms with van der Waals surface area (Å²) in [5.41, 5.74) is 0.0990. The lowest BCUT2D eigenvalue weighted by molar-refractivity contribution is -0.142. The van der Waals surface area contributed by atoms with Crippen molar-refractivity contribution in [2.75, 3.05) is 19.6 Å². The van der Waals surface area contributed by atoms with Crippen molar-refractivity contribution >= 4 is 5.91 Å². The molecule has 2 rings (SSSR count). The minimum Gasteiger partial charge on any atom is -0.332 e. The van der Waals surface area contributed by atoms with Crippen LogP contribution in [0.25, 0.3) is 0 Å². The van der Waals surface area contributed by atoms with Crippen molar-refractivity contribution in [1.82, 2.24) is 10.2 Å². The van der Waals surface area contributed by atoms with Crippen LogP contribution in [0.1, 0.15) is 32.1 Å². The molecule has 1 amide bonds. The third-order valence-electron chi connectivity index (χ3n) is 3.67. The highest BCUT2D eigenvalue weighted by atomic mass is 16.2. The highest BCUT2D eigenvalue weighted by Gasteiger charge is 2.42. The molecule has 84 valence electrons. The third kappa shape index (κ3) is 1.93. The predicted molar refractivity (Wildman–Crippen MR) is 60.6 cm³/mol. The first-order valence-corrected chi connectivity index (χ1v) is 5.91. The zero-order valence-electron chi connectivity index (χ0n) is 9.30. The van der Waals surface area contributed by atoms with Gasteiger partial charge in [-0.2, -0.15) is 0 Å². The smallest absolute Gasteiger partial charge is 0.223 e. The number of likely N-dealkylation sites (tertiary alicyclic amines) is 1. The molecule has 1 N–H and O–H groups in total. The molecule has 2 heterocycles. The quantitative estimate of drug-likeness (QED) is 0.694. The fraction of sp³-hybridized carbons (Fsp3) is 0.750. The van der Waals surface area contributed by atoms with Gasteiger partial charge in [0, 0.05) is 19.5 Å². The second kappa shape index (κ2) is 4.35. The van der Waals surface area contributed by atoms with Gasteiger partial charge in [-0.25, -0.2) is 0 Å². The number of carbonyl (C=O) groups excluding carboxylic acids is 1. The van der Waals surface area contributed by atoms with Gasteiger partial charge < -0.3 is 10.2 Å². The highest BCUT2D eigenvalue weighted by molar-refractivity contribution is 5.78. The van der Waals surface area contributed by atoms with Gasteiger partial charge in [0.25, 0.3) is 0 Å². The maximum absolute atomic E-state index is 11.9. The van der Waals surface area contributed by atoms with E-state index in [0.717, 1.165) is 38.8 Å². The Bertz CT molecular complexity index is 251. The zero-order chi connectivity index (χ0) is 10.7. The van der Waals surface area contributed by atoms with Crippen LogP contribution in [0.4, 0.5) is 0 Å². The normalized spacial score (nSPS) is 32.0. The number of hydrogen-bond acceptors (Lipinski definition) is 2. The number of carbonyl (C=O) groups is 1. The molecule has 2 aliphatic heterocycles. The average molecular weight is 208 g/mol. The highest BCUT2D eigenvalue weighted by Crippen LogP contribution is 2.34. The van der Waals surface area contributed by atoms with Crippen LogP contribution < -0.4 is 5.32 Å². The van der Waals surface area contributed by atoms with Gasteiger partial charge in [-0.3, -0.25) is 4.79 Å². The third-order valence-corrected chi connectivity index (χ3v) is 3.67. The lowest BCUT2D eigenvalue weighted by Crippen LogP contribution is -2.61. The molecule has 0 saturated carbocycles. The maximum atomic E-state index is 11.9. The molecular weight excluding hydrogens is 188 g/mol. The molecule has 1 atom stereocenters. The van der Waals surface area contributed by atoms with Crippen LogP contribution in [-0.2, 0) is 4.79 Å². The Morgan fingerprint density at radius 3 is 2.93 bits per heavy atom. The predicted octanol–water partition coefficient (Wildman–Crippen LogP) is 1.31. The van der Waals surface area contributed by atoms with Crippen molar-refractivity contribution in [1.29, 1.82) is 0 Å². The summed E-state index contributed by atoms with van der Waals surface area (Å²) < 4.78 is 0. The second-order valence-electron chi connectivity index (χ2n) is 4.65. The van der Waals surface area contributed by atoms with Crippen LogP contribution in [0.2, 0.25) is 0 Å². The number of amides is 1. The summed E-state index contributed by atoms with van der Waals surface area (Å²) in [6.07, 6.45) is 7.10. The van der Waals surface area contributed by atoms with E-state index in [0.29, 0.717) is 12.5 Å². The van der Waals surface area contributed by atoms with E-state index in [1.807, 2.05) is 6.08 Å². The summed E-state index contributed by atoms with van der Waals surface area (Å²) >= 11 is 0. The molecule has 1 spiro atoms. The first-order valence-electron chi connectivity index (χ1n) is 5.91. The number of hydrogen-bond donors (Lipinski definition) is 1. The maximum Gasteiger partial charge on any atom is 0.223 e. The molecule has 0 bridgehead atoms. The van der Waals surface area contributed by atoms with Gasteiger partial charge in [-0.1, -0.05) is 6.08 Å². The van der Waals surface area contributed by atoms with Crippen molar-refractivity contribution in [3.8, 4) is 0 Å². The van der Waals surface area contributed by atoms with E-state index in [2.05, 4.69) is 16.8 Å². The van der Waals surface area contributed by atoms with Crippen molar-refractivity contribution in [2.45, 2.75) is 37.6 Å². The average Bonchev–Trinajstić information content (AvgIpc) is 2.25. The van der Waals surface area contributed by atoms with E-state index >= 15 is 0 Å². The summed E-state index contributed by atoms with van der Waals surface area (Å²) in [5.74, 6) is 0.310. The molecule has 2 aliphatic rings. The van der Waals surface area contributed by atoms with Crippen LogP contribution >= 0.6 is 0 Å². The van der Waals surface area contributed by atoms with Gasteiger partial charge in [0.2, 0.25) is 5.91 Å². The van der Waals surface area contributed by atoms with Crippen molar-refractivity contribution in [3.05, 3.63) is 12.7 Å². The molecule has 3 nitrogen and oxygen atoms in total. The van der Waals surface area contributed by atoms with Crippen LogP contribution in [0, 0.1) is 0 Å². The molecule has 0 aromatic carbocycles. The number of piperidine rings is 2. The van der Waals surface area contributed by atoms with Gasteiger partial charge >= 0.3 is 0 Å². The summed E-state index contributed by atoms with van der Waals surface area (Å²) in [6, 6.07) is 0. The van der Waals surface area contributed by atoms with E-state index in [-0.39, 0.29) is 5.54 Å². The monoisotopic (exact) mass is 208 g/mol. The number of nitrogens with zero attached hydrogens (tertiary/aromatic N) is 1. The van der Waals surface area contributed by atoms with Crippen molar-refractivity contribution in [3.63, 3.8) is 0 Å². The Hall–Kier alpha value is -0.830. The van der Waals surface area contributed by atoms with Crippen molar-refractivity contribution < 1.29 is 4.79 Å². The summed E-state index contributed by atoms with van der Waals surface area (Å²) in [6.45, 7) is 6.52. The van der Waals surface area contributed by atoms with Crippen LogP contribution in [0.3, 0.4) is 0 Å². The molecule has 0 aromatic heterocycles.